The van der Waals surface area contributed by atoms with Crippen molar-refractivity contribution >= 4 is 17.4 Å². The molecule has 4 rings (SSSR count). The van der Waals surface area contributed by atoms with Gasteiger partial charge in [-0.1, -0.05) is 12.1 Å². The number of ether oxygens (including phenoxy) is 2. The molecule has 7 heteroatoms. The van der Waals surface area contributed by atoms with Crippen molar-refractivity contribution in [2.45, 2.75) is 39.5 Å². The first kappa shape index (κ1) is 24.0. The standard InChI is InChI=1S/C28H28N2O5/c1-17(2)35-23-10-7-21(15-18(23)3)26(31)24-25(20-11-13-29-14-12-20)30(28(33)27(24)32)16-19-5-8-22(34-4)9-6-19/h5-15,17,25,31H,16H2,1-4H3/b26-24-. The molecule has 1 amide bonds. The number of methoxy groups -OCH3 is 1. The van der Waals surface area contributed by atoms with Crippen LogP contribution in [0.1, 0.15) is 42.1 Å². The van der Waals surface area contributed by atoms with E-state index in [1.807, 2.05) is 32.9 Å². The van der Waals surface area contributed by atoms with Crippen molar-refractivity contribution in [1.82, 2.24) is 9.88 Å². The summed E-state index contributed by atoms with van der Waals surface area (Å²) in [5.74, 6) is -0.218. The van der Waals surface area contributed by atoms with Gasteiger partial charge in [0.05, 0.1) is 24.8 Å². The van der Waals surface area contributed by atoms with Gasteiger partial charge in [-0.3, -0.25) is 14.6 Å². The first-order valence-corrected chi connectivity index (χ1v) is 11.4. The molecule has 3 aromatic rings. The summed E-state index contributed by atoms with van der Waals surface area (Å²) in [6.07, 6.45) is 3.21. The first-order valence-electron chi connectivity index (χ1n) is 11.4. The zero-order chi connectivity index (χ0) is 25.1. The number of likely N-dealkylation sites (tertiary alicyclic amines) is 1. The van der Waals surface area contributed by atoms with Gasteiger partial charge >= 0.3 is 0 Å². The Balaban J connectivity index is 1.78. The fourth-order valence-electron chi connectivity index (χ4n) is 4.20. The molecule has 1 saturated heterocycles. The van der Waals surface area contributed by atoms with Gasteiger partial charge in [-0.15, -0.1) is 0 Å². The Morgan fingerprint density at radius 2 is 1.74 bits per heavy atom. The van der Waals surface area contributed by atoms with Crippen LogP contribution in [0.15, 0.2) is 72.6 Å². The highest BCUT2D eigenvalue weighted by Crippen LogP contribution is 2.40. The Morgan fingerprint density at radius 3 is 2.34 bits per heavy atom. The van der Waals surface area contributed by atoms with Gasteiger partial charge in [0.2, 0.25) is 0 Å². The number of hydrogen-bond acceptors (Lipinski definition) is 6. The summed E-state index contributed by atoms with van der Waals surface area (Å²) < 4.78 is 11.0. The lowest BCUT2D eigenvalue weighted by molar-refractivity contribution is -0.140. The van der Waals surface area contributed by atoms with Crippen LogP contribution in [-0.2, 0) is 16.1 Å². The molecular weight excluding hydrogens is 444 g/mol. The summed E-state index contributed by atoms with van der Waals surface area (Å²) >= 11 is 0. The molecule has 1 N–H and O–H groups in total. The van der Waals surface area contributed by atoms with Crippen LogP contribution in [0.4, 0.5) is 0 Å². The molecule has 0 saturated carbocycles. The molecule has 35 heavy (non-hydrogen) atoms. The Kier molecular flexibility index (Phi) is 6.87. The molecule has 2 heterocycles. The van der Waals surface area contributed by atoms with Gasteiger partial charge < -0.3 is 19.5 Å². The lowest BCUT2D eigenvalue weighted by Gasteiger charge is -2.25. The van der Waals surface area contributed by atoms with E-state index in [1.165, 1.54) is 4.90 Å². The van der Waals surface area contributed by atoms with E-state index < -0.39 is 17.7 Å². The van der Waals surface area contributed by atoms with Crippen molar-refractivity contribution < 1.29 is 24.2 Å². The summed E-state index contributed by atoms with van der Waals surface area (Å²) in [6.45, 7) is 5.94. The predicted molar refractivity (Wildman–Crippen MR) is 132 cm³/mol. The summed E-state index contributed by atoms with van der Waals surface area (Å²) in [4.78, 5) is 32.0. The van der Waals surface area contributed by atoms with Gasteiger partial charge in [-0.25, -0.2) is 0 Å². The molecule has 1 aliphatic rings. The third-order valence-electron chi connectivity index (χ3n) is 5.88. The highest BCUT2D eigenvalue weighted by molar-refractivity contribution is 6.46. The van der Waals surface area contributed by atoms with Gasteiger partial charge in [-0.05, 0) is 79.9 Å². The molecule has 0 spiro atoms. The number of ketones is 1. The average molecular weight is 473 g/mol. The summed E-state index contributed by atoms with van der Waals surface area (Å²) in [5.41, 5.74) is 2.82. The second-order valence-corrected chi connectivity index (χ2v) is 8.70. The van der Waals surface area contributed by atoms with E-state index in [2.05, 4.69) is 4.98 Å². The molecule has 0 radical (unpaired) electrons. The Hall–Kier alpha value is -4.13. The van der Waals surface area contributed by atoms with Crippen molar-refractivity contribution in [2.75, 3.05) is 7.11 Å². The third kappa shape index (κ3) is 4.89. The quantitative estimate of drug-likeness (QED) is 0.302. The van der Waals surface area contributed by atoms with E-state index in [9.17, 15) is 14.7 Å². The number of benzene rings is 2. The molecule has 7 nitrogen and oxygen atoms in total. The van der Waals surface area contributed by atoms with Crippen molar-refractivity contribution in [3.8, 4) is 11.5 Å². The second kappa shape index (κ2) is 10.0. The lowest BCUT2D eigenvalue weighted by atomic mass is 9.95. The van der Waals surface area contributed by atoms with Crippen molar-refractivity contribution in [1.29, 1.82) is 0 Å². The van der Waals surface area contributed by atoms with Crippen LogP contribution in [0.25, 0.3) is 5.76 Å². The van der Waals surface area contributed by atoms with Crippen molar-refractivity contribution in [3.63, 3.8) is 0 Å². The zero-order valence-corrected chi connectivity index (χ0v) is 20.2. The molecule has 2 aromatic carbocycles. The number of amides is 1. The molecule has 0 aliphatic carbocycles. The minimum absolute atomic E-state index is 0.00289. The Labute approximate surface area is 204 Å². The number of carbonyl (C=O) groups is 2. The topological polar surface area (TPSA) is 89.0 Å². The fourth-order valence-corrected chi connectivity index (χ4v) is 4.20. The van der Waals surface area contributed by atoms with E-state index in [4.69, 9.17) is 9.47 Å². The predicted octanol–water partition coefficient (Wildman–Crippen LogP) is 4.81. The van der Waals surface area contributed by atoms with Crippen LogP contribution in [0.5, 0.6) is 11.5 Å². The fraction of sp³-hybridized carbons (Fsp3) is 0.250. The second-order valence-electron chi connectivity index (χ2n) is 8.70. The summed E-state index contributed by atoms with van der Waals surface area (Å²) in [6, 6.07) is 15.2. The number of nitrogens with zero attached hydrogens (tertiary/aromatic N) is 2. The number of aliphatic hydroxyl groups is 1. The molecule has 180 valence electrons. The maximum atomic E-state index is 13.2. The number of rotatable bonds is 7. The molecule has 1 aliphatic heterocycles. The largest absolute Gasteiger partial charge is 0.507 e. The van der Waals surface area contributed by atoms with Crippen LogP contribution in [0.3, 0.4) is 0 Å². The average Bonchev–Trinajstić information content (AvgIpc) is 3.10. The van der Waals surface area contributed by atoms with Crippen LogP contribution < -0.4 is 9.47 Å². The zero-order valence-electron chi connectivity index (χ0n) is 20.2. The molecule has 1 aromatic heterocycles. The lowest BCUT2D eigenvalue weighted by Crippen LogP contribution is -2.29. The number of Topliss-reactive ketones (excluding diaryl/α,β-unsaturated/α-hetero) is 1. The van der Waals surface area contributed by atoms with E-state index >= 15 is 0 Å². The van der Waals surface area contributed by atoms with Crippen LogP contribution in [-0.4, -0.2) is 39.9 Å². The van der Waals surface area contributed by atoms with Gasteiger partial charge in [0.1, 0.15) is 17.3 Å². The van der Waals surface area contributed by atoms with Gasteiger partial charge in [0, 0.05) is 24.5 Å². The highest BCUT2D eigenvalue weighted by atomic mass is 16.5. The maximum Gasteiger partial charge on any atom is 0.295 e. The third-order valence-corrected chi connectivity index (χ3v) is 5.88. The SMILES string of the molecule is COc1ccc(CN2C(=O)C(=O)/C(=C(\O)c3ccc(OC(C)C)c(C)c3)C2c2ccncc2)cc1. The smallest absolute Gasteiger partial charge is 0.295 e. The first-order chi connectivity index (χ1) is 16.8. The van der Waals surface area contributed by atoms with Gasteiger partial charge in [0.25, 0.3) is 11.7 Å². The summed E-state index contributed by atoms with van der Waals surface area (Å²) in [7, 11) is 1.58. The molecule has 1 atom stereocenters. The molecule has 1 fully saturated rings. The Morgan fingerprint density at radius 1 is 1.06 bits per heavy atom. The van der Waals surface area contributed by atoms with Crippen LogP contribution >= 0.6 is 0 Å². The number of aryl methyl sites for hydroxylation is 1. The normalized spacial score (nSPS) is 17.2. The van der Waals surface area contributed by atoms with Crippen LogP contribution in [0, 0.1) is 6.92 Å². The van der Waals surface area contributed by atoms with Gasteiger partial charge in [0.15, 0.2) is 0 Å². The minimum atomic E-state index is -0.757. The van der Waals surface area contributed by atoms with Crippen molar-refractivity contribution in [3.05, 3.63) is 94.8 Å². The Bertz CT molecular complexity index is 1270. The number of pyridine rings is 1. The van der Waals surface area contributed by atoms with E-state index in [0.717, 1.165) is 11.1 Å². The van der Waals surface area contributed by atoms with Gasteiger partial charge in [-0.2, -0.15) is 0 Å². The number of aromatic nitrogens is 1. The summed E-state index contributed by atoms with van der Waals surface area (Å²) in [5, 5.41) is 11.3. The highest BCUT2D eigenvalue weighted by Gasteiger charge is 2.46. The number of hydrogen-bond donors (Lipinski definition) is 1. The van der Waals surface area contributed by atoms with E-state index in [1.54, 1.807) is 62.0 Å². The number of aliphatic hydroxyl groups excluding tert-OH is 1. The van der Waals surface area contributed by atoms with E-state index in [-0.39, 0.29) is 24.0 Å². The number of carbonyl (C=O) groups excluding carboxylic acids is 2. The molecule has 0 bridgehead atoms. The van der Waals surface area contributed by atoms with Crippen LogP contribution in [0.2, 0.25) is 0 Å². The molecular formula is C28H28N2O5. The molecule has 1 unspecified atom stereocenters. The monoisotopic (exact) mass is 472 g/mol. The maximum absolute atomic E-state index is 13.2. The minimum Gasteiger partial charge on any atom is -0.507 e. The van der Waals surface area contributed by atoms with Crippen molar-refractivity contribution in [2.24, 2.45) is 0 Å². The van der Waals surface area contributed by atoms with E-state index in [0.29, 0.717) is 22.6 Å².